The molecular weight excluding hydrogens is 424 g/mol. The van der Waals surface area contributed by atoms with E-state index in [4.69, 9.17) is 14.1 Å². The molecule has 0 aliphatic rings. The number of oxazole rings is 1. The zero-order chi connectivity index (χ0) is 23.7. The van der Waals surface area contributed by atoms with Crippen LogP contribution in [0.1, 0.15) is 42.1 Å². The molecule has 5 aromatic rings. The molecule has 1 N–H and O–H groups in total. The van der Waals surface area contributed by atoms with Gasteiger partial charge in [0.15, 0.2) is 5.58 Å². The van der Waals surface area contributed by atoms with Gasteiger partial charge in [-0.25, -0.2) is 4.98 Å². The minimum Gasteiger partial charge on any atom is -0.496 e. The molecular formula is C29H26N2O3. The molecule has 0 saturated heterocycles. The van der Waals surface area contributed by atoms with Crippen molar-refractivity contribution in [2.75, 3.05) is 12.4 Å². The molecule has 1 heterocycles. The maximum Gasteiger partial charge on any atom is 0.259 e. The number of nitrogens with zero attached hydrogens (tertiary/aromatic N) is 1. The van der Waals surface area contributed by atoms with Gasteiger partial charge in [0, 0.05) is 11.3 Å². The summed E-state index contributed by atoms with van der Waals surface area (Å²) in [6.07, 6.45) is 1.07. The van der Waals surface area contributed by atoms with E-state index in [0.29, 0.717) is 28.8 Å². The lowest BCUT2D eigenvalue weighted by atomic mass is 9.98. The van der Waals surface area contributed by atoms with Crippen molar-refractivity contribution in [2.24, 2.45) is 0 Å². The van der Waals surface area contributed by atoms with Crippen LogP contribution in [0.5, 0.6) is 5.75 Å². The predicted molar refractivity (Wildman–Crippen MR) is 137 cm³/mol. The van der Waals surface area contributed by atoms with E-state index < -0.39 is 0 Å². The van der Waals surface area contributed by atoms with Gasteiger partial charge in [-0.1, -0.05) is 50.2 Å². The Morgan fingerprint density at radius 2 is 1.79 bits per heavy atom. The first-order valence-electron chi connectivity index (χ1n) is 11.4. The highest BCUT2D eigenvalue weighted by atomic mass is 16.5. The van der Waals surface area contributed by atoms with E-state index in [1.165, 1.54) is 5.56 Å². The van der Waals surface area contributed by atoms with Crippen LogP contribution in [0.25, 0.3) is 33.3 Å². The summed E-state index contributed by atoms with van der Waals surface area (Å²) in [7, 11) is 1.57. The van der Waals surface area contributed by atoms with Gasteiger partial charge in [0.2, 0.25) is 5.89 Å². The number of methoxy groups -OCH3 is 1. The molecule has 5 rings (SSSR count). The fourth-order valence-electron chi connectivity index (χ4n) is 4.10. The molecule has 0 aliphatic heterocycles. The third-order valence-electron chi connectivity index (χ3n) is 6.27. The average Bonchev–Trinajstić information content (AvgIpc) is 3.31. The highest BCUT2D eigenvalue weighted by Gasteiger charge is 2.16. The average molecular weight is 451 g/mol. The third-order valence-corrected chi connectivity index (χ3v) is 6.27. The first-order chi connectivity index (χ1) is 16.6. The van der Waals surface area contributed by atoms with E-state index in [2.05, 4.69) is 31.3 Å². The fourth-order valence-corrected chi connectivity index (χ4v) is 4.10. The number of anilines is 1. The quantitative estimate of drug-likeness (QED) is 0.292. The number of nitrogens with one attached hydrogen (secondary N) is 1. The summed E-state index contributed by atoms with van der Waals surface area (Å²) in [4.78, 5) is 17.8. The topological polar surface area (TPSA) is 64.4 Å². The van der Waals surface area contributed by atoms with Gasteiger partial charge >= 0.3 is 0 Å². The number of rotatable bonds is 6. The summed E-state index contributed by atoms with van der Waals surface area (Å²) in [5, 5.41) is 4.98. The van der Waals surface area contributed by atoms with Gasteiger partial charge in [0.05, 0.1) is 12.7 Å². The maximum atomic E-state index is 13.1. The number of hydrogen-bond donors (Lipinski definition) is 1. The van der Waals surface area contributed by atoms with Crippen molar-refractivity contribution < 1.29 is 13.9 Å². The summed E-state index contributed by atoms with van der Waals surface area (Å²) < 4.78 is 11.5. The Morgan fingerprint density at radius 1 is 1.00 bits per heavy atom. The molecule has 1 atom stereocenters. The second kappa shape index (κ2) is 9.02. The Hall–Kier alpha value is -4.12. The van der Waals surface area contributed by atoms with Crippen LogP contribution in [0.15, 0.2) is 83.3 Å². The molecule has 0 radical (unpaired) electrons. The minimum absolute atomic E-state index is 0.240. The number of benzene rings is 4. The zero-order valence-corrected chi connectivity index (χ0v) is 19.5. The Bertz CT molecular complexity index is 1500. The van der Waals surface area contributed by atoms with E-state index >= 15 is 0 Å². The van der Waals surface area contributed by atoms with Crippen molar-refractivity contribution in [3.63, 3.8) is 0 Å². The largest absolute Gasteiger partial charge is 0.496 e. The van der Waals surface area contributed by atoms with Gasteiger partial charge < -0.3 is 14.5 Å². The number of carbonyl (C=O) groups excluding carboxylic acids is 1. The van der Waals surface area contributed by atoms with E-state index in [9.17, 15) is 4.79 Å². The van der Waals surface area contributed by atoms with Crippen molar-refractivity contribution in [3.05, 3.63) is 90.0 Å². The predicted octanol–water partition coefficient (Wildman–Crippen LogP) is 7.42. The van der Waals surface area contributed by atoms with Crippen molar-refractivity contribution >= 4 is 33.5 Å². The van der Waals surface area contributed by atoms with Gasteiger partial charge in [0.25, 0.3) is 5.91 Å². The number of carbonyl (C=O) groups is 1. The van der Waals surface area contributed by atoms with Crippen LogP contribution in [0, 0.1) is 0 Å². The summed E-state index contributed by atoms with van der Waals surface area (Å²) in [6.45, 7) is 4.38. The van der Waals surface area contributed by atoms with E-state index in [0.717, 1.165) is 33.9 Å². The fraction of sp³-hybridized carbons (Fsp3) is 0.172. The van der Waals surface area contributed by atoms with Gasteiger partial charge in [-0.2, -0.15) is 0 Å². The molecule has 5 nitrogen and oxygen atoms in total. The van der Waals surface area contributed by atoms with Crippen molar-refractivity contribution in [1.29, 1.82) is 0 Å². The molecule has 170 valence electrons. The van der Waals surface area contributed by atoms with Crippen LogP contribution in [0.2, 0.25) is 0 Å². The van der Waals surface area contributed by atoms with Gasteiger partial charge in [-0.3, -0.25) is 4.79 Å². The maximum absolute atomic E-state index is 13.1. The molecule has 0 spiro atoms. The number of hydrogen-bond acceptors (Lipinski definition) is 4. The van der Waals surface area contributed by atoms with Crippen molar-refractivity contribution in [1.82, 2.24) is 4.98 Å². The van der Waals surface area contributed by atoms with E-state index in [1.54, 1.807) is 7.11 Å². The zero-order valence-electron chi connectivity index (χ0n) is 19.5. The van der Waals surface area contributed by atoms with Crippen LogP contribution < -0.4 is 10.1 Å². The minimum atomic E-state index is -0.240. The number of ether oxygens (including phenoxy) is 1. The van der Waals surface area contributed by atoms with Gasteiger partial charge in [-0.05, 0) is 71.1 Å². The first kappa shape index (κ1) is 21.7. The Labute approximate surface area is 198 Å². The van der Waals surface area contributed by atoms with Crippen molar-refractivity contribution in [2.45, 2.75) is 26.2 Å². The molecule has 0 saturated carbocycles. The number of fused-ring (bicyclic) bond motifs is 2. The van der Waals surface area contributed by atoms with Crippen LogP contribution >= 0.6 is 0 Å². The molecule has 4 aromatic carbocycles. The van der Waals surface area contributed by atoms with Crippen LogP contribution in [0.4, 0.5) is 5.69 Å². The standard InChI is InChI=1S/C29H26N2O3/c1-4-18(2)19-12-13-26-25(16-19)31-29(34-26)22-10-7-11-23(14-22)30-28(32)24-15-20-8-5-6-9-21(20)17-27(24)33-3/h5-18H,4H2,1-3H3,(H,30,32)/t18-/m0/s1. The lowest BCUT2D eigenvalue weighted by molar-refractivity contribution is 0.102. The second-order valence-electron chi connectivity index (χ2n) is 8.49. The van der Waals surface area contributed by atoms with Crippen LogP contribution in [-0.2, 0) is 0 Å². The Balaban J connectivity index is 1.44. The third kappa shape index (κ3) is 4.13. The summed E-state index contributed by atoms with van der Waals surface area (Å²) in [6, 6.07) is 25.3. The summed E-state index contributed by atoms with van der Waals surface area (Å²) >= 11 is 0. The number of aromatic nitrogens is 1. The molecule has 1 amide bonds. The van der Waals surface area contributed by atoms with Gasteiger partial charge in [0.1, 0.15) is 11.3 Å². The smallest absolute Gasteiger partial charge is 0.259 e. The highest BCUT2D eigenvalue weighted by Crippen LogP contribution is 2.30. The SMILES string of the molecule is CC[C@H](C)c1ccc2oc(-c3cccc(NC(=O)c4cc5ccccc5cc4OC)c3)nc2c1. The molecule has 0 unspecified atom stereocenters. The van der Waals surface area contributed by atoms with Crippen LogP contribution in [-0.4, -0.2) is 18.0 Å². The van der Waals surface area contributed by atoms with E-state index in [1.807, 2.05) is 66.7 Å². The molecule has 34 heavy (non-hydrogen) atoms. The van der Waals surface area contributed by atoms with E-state index in [-0.39, 0.29) is 5.91 Å². The second-order valence-corrected chi connectivity index (χ2v) is 8.49. The molecule has 5 heteroatoms. The monoisotopic (exact) mass is 450 g/mol. The molecule has 1 aromatic heterocycles. The summed E-state index contributed by atoms with van der Waals surface area (Å²) in [5.41, 5.74) is 4.76. The first-order valence-corrected chi connectivity index (χ1v) is 11.4. The molecule has 0 aliphatic carbocycles. The Kier molecular flexibility index (Phi) is 5.76. The van der Waals surface area contributed by atoms with Crippen molar-refractivity contribution in [3.8, 4) is 17.2 Å². The lowest BCUT2D eigenvalue weighted by Crippen LogP contribution is -2.13. The highest BCUT2D eigenvalue weighted by molar-refractivity contribution is 6.09. The molecule has 0 fully saturated rings. The van der Waals surface area contributed by atoms with Gasteiger partial charge in [-0.15, -0.1) is 0 Å². The number of amides is 1. The summed E-state index contributed by atoms with van der Waals surface area (Å²) in [5.74, 6) is 1.28. The molecule has 0 bridgehead atoms. The normalized spacial score (nSPS) is 12.1. The Morgan fingerprint density at radius 3 is 2.56 bits per heavy atom. The van der Waals surface area contributed by atoms with Crippen LogP contribution in [0.3, 0.4) is 0 Å². The lowest BCUT2D eigenvalue weighted by Gasteiger charge is -2.11.